The highest BCUT2D eigenvalue weighted by atomic mass is 32.1. The first-order valence-corrected chi connectivity index (χ1v) is 8.74. The van der Waals surface area contributed by atoms with Gasteiger partial charge in [-0.05, 0) is 24.4 Å². The molecule has 1 fully saturated rings. The number of hydrogen-bond donors (Lipinski definition) is 0. The summed E-state index contributed by atoms with van der Waals surface area (Å²) in [5, 5.41) is 4.72. The van der Waals surface area contributed by atoms with Crippen molar-refractivity contribution in [3.05, 3.63) is 16.9 Å². The van der Waals surface area contributed by atoms with Crippen LogP contribution in [0.2, 0.25) is 0 Å². The van der Waals surface area contributed by atoms with Gasteiger partial charge in [0.15, 0.2) is 22.1 Å². The van der Waals surface area contributed by atoms with E-state index < -0.39 is 0 Å². The number of nitrogens with zero attached hydrogens (tertiary/aromatic N) is 4. The van der Waals surface area contributed by atoms with Gasteiger partial charge in [0.05, 0.1) is 41.2 Å². The summed E-state index contributed by atoms with van der Waals surface area (Å²) in [5.74, 6) is 2.45. The second kappa shape index (κ2) is 8.07. The molecule has 0 aliphatic carbocycles. The molecular formula is C17H24N4O4S. The topological polar surface area (TPSA) is 62.9 Å². The van der Waals surface area contributed by atoms with Crippen LogP contribution in [0.15, 0.2) is 12.1 Å². The average Bonchev–Trinajstić information content (AvgIpc) is 2.96. The highest BCUT2D eigenvalue weighted by molar-refractivity contribution is 7.71. The van der Waals surface area contributed by atoms with Gasteiger partial charge in [0.2, 0.25) is 5.75 Å². The first kappa shape index (κ1) is 18.7. The minimum absolute atomic E-state index is 0.549. The van der Waals surface area contributed by atoms with Crippen LogP contribution in [-0.2, 0) is 18.5 Å². The van der Waals surface area contributed by atoms with E-state index in [1.54, 1.807) is 21.3 Å². The lowest BCUT2D eigenvalue weighted by molar-refractivity contribution is 0.0210. The lowest BCUT2D eigenvalue weighted by atomic mass is 10.1. The summed E-state index contributed by atoms with van der Waals surface area (Å²) in [6.45, 7) is 3.86. The van der Waals surface area contributed by atoms with Crippen molar-refractivity contribution in [1.82, 2.24) is 19.2 Å². The van der Waals surface area contributed by atoms with E-state index in [4.69, 9.17) is 36.3 Å². The Labute approximate surface area is 157 Å². The number of benzene rings is 1. The molecule has 3 rings (SSSR count). The Bertz CT molecular complexity index is 802. The number of hydrogen-bond acceptors (Lipinski definition) is 7. The van der Waals surface area contributed by atoms with E-state index in [-0.39, 0.29) is 0 Å². The van der Waals surface area contributed by atoms with E-state index in [9.17, 15) is 0 Å². The molecule has 8 nitrogen and oxygen atoms in total. The molecule has 1 aromatic carbocycles. The van der Waals surface area contributed by atoms with E-state index in [0.717, 1.165) is 37.7 Å². The molecule has 0 N–H and O–H groups in total. The van der Waals surface area contributed by atoms with Crippen molar-refractivity contribution in [2.24, 2.45) is 7.05 Å². The van der Waals surface area contributed by atoms with Gasteiger partial charge >= 0.3 is 0 Å². The van der Waals surface area contributed by atoms with Gasteiger partial charge in [-0.15, -0.1) is 0 Å². The van der Waals surface area contributed by atoms with Crippen molar-refractivity contribution in [3.63, 3.8) is 0 Å². The third kappa shape index (κ3) is 3.55. The predicted octanol–water partition coefficient (Wildman–Crippen LogP) is 1.93. The molecule has 0 bridgehead atoms. The summed E-state index contributed by atoms with van der Waals surface area (Å²) < 4.78 is 26.0. The molecule has 9 heteroatoms. The minimum Gasteiger partial charge on any atom is -0.493 e. The van der Waals surface area contributed by atoms with Gasteiger partial charge < -0.3 is 23.5 Å². The molecule has 0 radical (unpaired) electrons. The normalized spacial score (nSPS) is 15.1. The molecule has 142 valence electrons. The molecule has 1 saturated heterocycles. The Morgan fingerprint density at radius 3 is 2.23 bits per heavy atom. The molecule has 0 saturated carbocycles. The summed E-state index contributed by atoms with van der Waals surface area (Å²) >= 11 is 5.57. The largest absolute Gasteiger partial charge is 0.493 e. The number of methoxy groups -OCH3 is 3. The Morgan fingerprint density at radius 1 is 1.08 bits per heavy atom. The molecule has 1 aromatic heterocycles. The first-order chi connectivity index (χ1) is 12.6. The number of rotatable bonds is 6. The third-order valence-electron chi connectivity index (χ3n) is 4.40. The van der Waals surface area contributed by atoms with Crippen LogP contribution in [-0.4, -0.2) is 66.9 Å². The van der Waals surface area contributed by atoms with Gasteiger partial charge in [0.1, 0.15) is 0 Å². The summed E-state index contributed by atoms with van der Waals surface area (Å²) in [6, 6.07) is 3.75. The second-order valence-corrected chi connectivity index (χ2v) is 6.32. The van der Waals surface area contributed by atoms with E-state index in [1.807, 2.05) is 28.4 Å². The van der Waals surface area contributed by atoms with Crippen molar-refractivity contribution < 1.29 is 18.9 Å². The Hall–Kier alpha value is -2.10. The summed E-state index contributed by atoms with van der Waals surface area (Å²) in [7, 11) is 6.68. The first-order valence-electron chi connectivity index (χ1n) is 8.33. The summed E-state index contributed by atoms with van der Waals surface area (Å²) in [4.78, 5) is 2.27. The smallest absolute Gasteiger partial charge is 0.203 e. The lowest BCUT2D eigenvalue weighted by Crippen LogP contribution is -2.37. The molecule has 0 spiro atoms. The second-order valence-electron chi connectivity index (χ2n) is 5.95. The van der Waals surface area contributed by atoms with Gasteiger partial charge in [-0.3, -0.25) is 4.90 Å². The molecule has 1 aliphatic rings. The maximum absolute atomic E-state index is 5.57. The SMILES string of the molecule is COc1cc(-c2nn(CN3CCOCC3)c(=S)n2C)cc(OC)c1OC. The fourth-order valence-electron chi connectivity index (χ4n) is 2.97. The van der Waals surface area contributed by atoms with E-state index in [0.29, 0.717) is 28.7 Å². The zero-order valence-electron chi connectivity index (χ0n) is 15.5. The third-order valence-corrected chi connectivity index (χ3v) is 4.89. The van der Waals surface area contributed by atoms with Crippen LogP contribution in [0.25, 0.3) is 11.4 Å². The van der Waals surface area contributed by atoms with Gasteiger partial charge in [-0.1, -0.05) is 0 Å². The maximum Gasteiger partial charge on any atom is 0.203 e. The molecule has 0 unspecified atom stereocenters. The summed E-state index contributed by atoms with van der Waals surface area (Å²) in [5.41, 5.74) is 0.842. The fourth-order valence-corrected chi connectivity index (χ4v) is 3.16. The molecule has 2 heterocycles. The van der Waals surface area contributed by atoms with Crippen molar-refractivity contribution in [3.8, 4) is 28.6 Å². The van der Waals surface area contributed by atoms with E-state index >= 15 is 0 Å². The average molecular weight is 380 g/mol. The van der Waals surface area contributed by atoms with Gasteiger partial charge in [-0.25, -0.2) is 4.68 Å². The molecule has 2 aromatic rings. The molecule has 0 amide bonds. The van der Waals surface area contributed by atoms with Crippen molar-refractivity contribution in [1.29, 1.82) is 0 Å². The van der Waals surface area contributed by atoms with Crippen LogP contribution in [0.4, 0.5) is 0 Å². The van der Waals surface area contributed by atoms with Gasteiger partial charge in [0.25, 0.3) is 0 Å². The summed E-state index contributed by atoms with van der Waals surface area (Å²) in [6.07, 6.45) is 0. The molecule has 0 atom stereocenters. The number of ether oxygens (including phenoxy) is 4. The maximum atomic E-state index is 5.57. The van der Waals surface area contributed by atoms with Crippen LogP contribution in [0.5, 0.6) is 17.2 Å². The van der Waals surface area contributed by atoms with Crippen LogP contribution in [0, 0.1) is 4.77 Å². The highest BCUT2D eigenvalue weighted by Gasteiger charge is 2.19. The Kier molecular flexibility index (Phi) is 5.80. The lowest BCUT2D eigenvalue weighted by Gasteiger charge is -2.26. The zero-order valence-corrected chi connectivity index (χ0v) is 16.3. The fraction of sp³-hybridized carbons (Fsp3) is 0.529. The Morgan fingerprint density at radius 2 is 1.69 bits per heavy atom. The standard InChI is InChI=1S/C17H24N4O4S/c1-19-16(12-9-13(22-2)15(24-4)14(10-12)23-3)18-21(17(19)26)11-20-5-7-25-8-6-20/h9-10H,5-8,11H2,1-4H3. The van der Waals surface area contributed by atoms with Crippen molar-refractivity contribution >= 4 is 12.2 Å². The Balaban J connectivity index is 1.99. The van der Waals surface area contributed by atoms with Gasteiger partial charge in [0, 0.05) is 25.7 Å². The van der Waals surface area contributed by atoms with Gasteiger partial charge in [-0.2, -0.15) is 5.10 Å². The molecular weight excluding hydrogens is 356 g/mol. The number of morpholine rings is 1. The highest BCUT2D eigenvalue weighted by Crippen LogP contribution is 2.40. The van der Waals surface area contributed by atoms with E-state index in [1.165, 1.54) is 0 Å². The minimum atomic E-state index is 0.549. The van der Waals surface area contributed by atoms with Crippen LogP contribution >= 0.6 is 12.2 Å². The van der Waals surface area contributed by atoms with Crippen LogP contribution in [0.1, 0.15) is 0 Å². The molecule has 1 aliphatic heterocycles. The van der Waals surface area contributed by atoms with E-state index in [2.05, 4.69) is 4.90 Å². The quantitative estimate of drug-likeness (QED) is 0.710. The van der Waals surface area contributed by atoms with Crippen LogP contribution in [0.3, 0.4) is 0 Å². The zero-order chi connectivity index (χ0) is 18.7. The molecule has 26 heavy (non-hydrogen) atoms. The van der Waals surface area contributed by atoms with Crippen molar-refractivity contribution in [2.75, 3.05) is 47.6 Å². The monoisotopic (exact) mass is 380 g/mol. The van der Waals surface area contributed by atoms with Crippen LogP contribution < -0.4 is 14.2 Å². The van der Waals surface area contributed by atoms with Crippen molar-refractivity contribution in [2.45, 2.75) is 6.67 Å². The number of aromatic nitrogens is 3. The predicted molar refractivity (Wildman–Crippen MR) is 99.5 cm³/mol.